The van der Waals surface area contributed by atoms with E-state index in [-0.39, 0.29) is 23.7 Å². The molecule has 0 atom stereocenters. The summed E-state index contributed by atoms with van der Waals surface area (Å²) < 4.78 is 49.2. The Kier molecular flexibility index (Phi) is 9.41. The number of anilines is 1. The first-order valence-electron chi connectivity index (χ1n) is 11.1. The van der Waals surface area contributed by atoms with E-state index in [1.54, 1.807) is 18.2 Å². The molecule has 12 heteroatoms. The van der Waals surface area contributed by atoms with Crippen LogP contribution in [0.5, 0.6) is 11.5 Å². The van der Waals surface area contributed by atoms with Gasteiger partial charge >= 0.3 is 18.0 Å². The summed E-state index contributed by atoms with van der Waals surface area (Å²) in [4.78, 5) is 35.9. The highest BCUT2D eigenvalue weighted by atomic mass is 19.4. The lowest BCUT2D eigenvalue weighted by molar-refractivity contribution is -0.139. The number of hydrogen-bond donors (Lipinski definition) is 3. The zero-order valence-electron chi connectivity index (χ0n) is 20.0. The van der Waals surface area contributed by atoms with E-state index in [0.717, 1.165) is 17.7 Å². The predicted molar refractivity (Wildman–Crippen MR) is 133 cm³/mol. The molecular formula is C26H23F3N4O5. The van der Waals surface area contributed by atoms with Gasteiger partial charge in [-0.25, -0.2) is 5.43 Å². The van der Waals surface area contributed by atoms with Crippen molar-refractivity contribution in [2.24, 2.45) is 5.10 Å². The summed E-state index contributed by atoms with van der Waals surface area (Å²) in [5, 5.41) is 8.56. The number of benzene rings is 3. The number of hydrogen-bond acceptors (Lipinski definition) is 6. The van der Waals surface area contributed by atoms with Gasteiger partial charge in [0, 0.05) is 12.2 Å². The van der Waals surface area contributed by atoms with E-state index >= 15 is 0 Å². The van der Waals surface area contributed by atoms with Gasteiger partial charge in [0.05, 0.1) is 18.9 Å². The number of alkyl halides is 3. The van der Waals surface area contributed by atoms with E-state index in [4.69, 9.17) is 9.47 Å². The van der Waals surface area contributed by atoms with Crippen LogP contribution in [0.4, 0.5) is 18.9 Å². The summed E-state index contributed by atoms with van der Waals surface area (Å²) in [6.45, 7) is -0.304. The first-order valence-corrected chi connectivity index (χ1v) is 11.1. The molecule has 0 aromatic heterocycles. The van der Waals surface area contributed by atoms with Gasteiger partial charge in [-0.15, -0.1) is 0 Å². The van der Waals surface area contributed by atoms with Crippen molar-refractivity contribution in [1.29, 1.82) is 0 Å². The molecule has 9 nitrogen and oxygen atoms in total. The minimum absolute atomic E-state index is 0.0252. The Morgan fingerprint density at radius 3 is 2.39 bits per heavy atom. The standard InChI is InChI=1S/C26H23F3N4O5/c1-37-22-12-18(15-31-33-25(36)24(35)30-14-17-6-3-2-4-7-17)10-11-21(22)38-16-23(34)32-20-9-5-8-19(13-20)26(27,28)29/h2-13,15H,14,16H2,1H3,(H,30,35)(H,32,34)(H,33,36)/b31-15+. The van der Waals surface area contributed by atoms with Crippen LogP contribution in [0, 0.1) is 0 Å². The number of methoxy groups -OCH3 is 1. The van der Waals surface area contributed by atoms with Crippen molar-refractivity contribution in [2.75, 3.05) is 19.0 Å². The quantitative estimate of drug-likeness (QED) is 0.223. The van der Waals surface area contributed by atoms with Gasteiger partial charge in [-0.3, -0.25) is 14.4 Å². The topological polar surface area (TPSA) is 118 Å². The molecule has 3 amide bonds. The smallest absolute Gasteiger partial charge is 0.416 e. The molecule has 0 aliphatic rings. The van der Waals surface area contributed by atoms with Gasteiger partial charge in [0.15, 0.2) is 18.1 Å². The molecule has 3 aromatic rings. The summed E-state index contributed by atoms with van der Waals surface area (Å²) >= 11 is 0. The van der Waals surface area contributed by atoms with Crippen molar-refractivity contribution in [3.63, 3.8) is 0 Å². The van der Waals surface area contributed by atoms with E-state index in [2.05, 4.69) is 21.2 Å². The summed E-state index contributed by atoms with van der Waals surface area (Å²) in [5.41, 5.74) is 2.52. The summed E-state index contributed by atoms with van der Waals surface area (Å²) in [5.74, 6) is -2.06. The number of amides is 3. The number of halogens is 3. The monoisotopic (exact) mass is 528 g/mol. The van der Waals surface area contributed by atoms with Gasteiger partial charge in [0.25, 0.3) is 5.91 Å². The van der Waals surface area contributed by atoms with Crippen LogP contribution in [-0.4, -0.2) is 37.7 Å². The number of ether oxygens (including phenoxy) is 2. The Bertz CT molecular complexity index is 1310. The van der Waals surface area contributed by atoms with Crippen molar-refractivity contribution in [2.45, 2.75) is 12.7 Å². The van der Waals surface area contributed by atoms with E-state index in [1.807, 2.05) is 18.2 Å². The zero-order valence-corrected chi connectivity index (χ0v) is 20.0. The Morgan fingerprint density at radius 2 is 1.68 bits per heavy atom. The summed E-state index contributed by atoms with van der Waals surface area (Å²) in [6, 6.07) is 17.8. The maximum atomic E-state index is 12.8. The zero-order chi connectivity index (χ0) is 27.5. The second kappa shape index (κ2) is 12.9. The predicted octanol–water partition coefficient (Wildman–Crippen LogP) is 3.50. The van der Waals surface area contributed by atoms with Crippen molar-refractivity contribution in [3.8, 4) is 11.5 Å². The number of nitrogens with one attached hydrogen (secondary N) is 3. The molecule has 0 heterocycles. The van der Waals surface area contributed by atoms with Gasteiger partial charge in [0.1, 0.15) is 0 Å². The van der Waals surface area contributed by atoms with Crippen molar-refractivity contribution < 1.29 is 37.0 Å². The molecule has 3 aromatic carbocycles. The van der Waals surface area contributed by atoms with Gasteiger partial charge in [-0.1, -0.05) is 36.4 Å². The minimum Gasteiger partial charge on any atom is -0.493 e. The molecule has 3 N–H and O–H groups in total. The molecule has 0 fully saturated rings. The molecule has 0 saturated carbocycles. The van der Waals surface area contributed by atoms with Crippen LogP contribution in [0.3, 0.4) is 0 Å². The molecule has 0 bridgehead atoms. The van der Waals surface area contributed by atoms with Gasteiger partial charge in [0.2, 0.25) is 0 Å². The van der Waals surface area contributed by atoms with E-state index in [1.165, 1.54) is 37.6 Å². The van der Waals surface area contributed by atoms with Gasteiger partial charge in [-0.2, -0.15) is 18.3 Å². The van der Waals surface area contributed by atoms with E-state index in [0.29, 0.717) is 5.56 Å². The lowest BCUT2D eigenvalue weighted by Gasteiger charge is -2.12. The van der Waals surface area contributed by atoms with Crippen molar-refractivity contribution in [1.82, 2.24) is 10.7 Å². The first kappa shape index (κ1) is 27.7. The Labute approximate surface area is 215 Å². The fourth-order valence-electron chi connectivity index (χ4n) is 3.07. The normalized spacial score (nSPS) is 11.1. The third-order valence-electron chi connectivity index (χ3n) is 4.90. The second-order valence-corrected chi connectivity index (χ2v) is 7.69. The highest BCUT2D eigenvalue weighted by molar-refractivity contribution is 6.35. The molecule has 0 aliphatic carbocycles. The summed E-state index contributed by atoms with van der Waals surface area (Å²) in [6.07, 6.45) is -3.26. The lowest BCUT2D eigenvalue weighted by Crippen LogP contribution is -2.37. The fraction of sp³-hybridized carbons (Fsp3) is 0.154. The van der Waals surface area contributed by atoms with Gasteiger partial charge < -0.3 is 20.1 Å². The van der Waals surface area contributed by atoms with E-state index < -0.39 is 36.1 Å². The first-order chi connectivity index (χ1) is 18.2. The highest BCUT2D eigenvalue weighted by Crippen LogP contribution is 2.31. The van der Waals surface area contributed by atoms with Crippen LogP contribution in [0.2, 0.25) is 0 Å². The Morgan fingerprint density at radius 1 is 0.921 bits per heavy atom. The maximum absolute atomic E-state index is 12.8. The van der Waals surface area contributed by atoms with Crippen LogP contribution in [-0.2, 0) is 27.1 Å². The molecule has 0 spiro atoms. The van der Waals surface area contributed by atoms with Gasteiger partial charge in [-0.05, 0) is 47.5 Å². The molecule has 0 saturated heterocycles. The van der Waals surface area contributed by atoms with Crippen molar-refractivity contribution >= 4 is 29.6 Å². The Balaban J connectivity index is 1.50. The van der Waals surface area contributed by atoms with Crippen LogP contribution in [0.25, 0.3) is 0 Å². The average Bonchev–Trinajstić information content (AvgIpc) is 2.91. The minimum atomic E-state index is -4.53. The molecule has 38 heavy (non-hydrogen) atoms. The van der Waals surface area contributed by atoms with Crippen LogP contribution in [0.15, 0.2) is 77.9 Å². The number of carbonyl (C=O) groups is 3. The average molecular weight is 528 g/mol. The Hall–Kier alpha value is -4.87. The molecule has 0 radical (unpaired) electrons. The van der Waals surface area contributed by atoms with E-state index in [9.17, 15) is 27.6 Å². The van der Waals surface area contributed by atoms with Crippen molar-refractivity contribution in [3.05, 3.63) is 89.5 Å². The second-order valence-electron chi connectivity index (χ2n) is 7.69. The SMILES string of the molecule is COc1cc(/C=N/NC(=O)C(=O)NCc2ccccc2)ccc1OCC(=O)Nc1cccc(C(F)(F)F)c1. The largest absolute Gasteiger partial charge is 0.493 e. The maximum Gasteiger partial charge on any atom is 0.416 e. The molecule has 0 unspecified atom stereocenters. The third-order valence-corrected chi connectivity index (χ3v) is 4.90. The molecule has 198 valence electrons. The third kappa shape index (κ3) is 8.36. The number of hydrazone groups is 1. The molecule has 3 rings (SSSR count). The van der Waals surface area contributed by atoms with Crippen LogP contribution >= 0.6 is 0 Å². The number of rotatable bonds is 9. The molecular weight excluding hydrogens is 505 g/mol. The fourth-order valence-corrected chi connectivity index (χ4v) is 3.07. The molecule has 0 aliphatic heterocycles. The highest BCUT2D eigenvalue weighted by Gasteiger charge is 2.30. The van der Waals surface area contributed by atoms with Crippen LogP contribution < -0.4 is 25.5 Å². The lowest BCUT2D eigenvalue weighted by atomic mass is 10.2. The van der Waals surface area contributed by atoms with Crippen LogP contribution in [0.1, 0.15) is 16.7 Å². The number of nitrogens with zero attached hydrogens (tertiary/aromatic N) is 1. The number of carbonyl (C=O) groups excluding carboxylic acids is 3. The summed E-state index contributed by atoms with van der Waals surface area (Å²) in [7, 11) is 1.37.